The molecular weight excluding hydrogens is 350 g/mol. The molecule has 0 aliphatic carbocycles. The lowest BCUT2D eigenvalue weighted by atomic mass is 10.0. The van der Waals surface area contributed by atoms with Gasteiger partial charge in [0.1, 0.15) is 5.75 Å². The van der Waals surface area contributed by atoms with Crippen molar-refractivity contribution in [3.63, 3.8) is 0 Å². The molecule has 2 rings (SSSR count). The first-order chi connectivity index (χ1) is 12.9. The summed E-state index contributed by atoms with van der Waals surface area (Å²) in [5, 5.41) is 10.4. The second kappa shape index (κ2) is 9.38. The molecule has 0 unspecified atom stereocenters. The lowest BCUT2D eigenvalue weighted by Crippen LogP contribution is -2.18. The zero-order chi connectivity index (χ0) is 19.8. The number of rotatable bonds is 8. The summed E-state index contributed by atoms with van der Waals surface area (Å²) in [4.78, 5) is 22.0. The SMILES string of the molecule is COc1cc(/C=C/[N+](=O)[O-])ccc1OC(=O)COc1ccccc1C(C)C. The first kappa shape index (κ1) is 20.0. The third-order valence-corrected chi connectivity index (χ3v) is 3.69. The minimum Gasteiger partial charge on any atom is -0.493 e. The normalized spacial score (nSPS) is 10.8. The highest BCUT2D eigenvalue weighted by molar-refractivity contribution is 5.75. The van der Waals surface area contributed by atoms with Gasteiger partial charge in [0.25, 0.3) is 0 Å². The summed E-state index contributed by atoms with van der Waals surface area (Å²) in [5.74, 6) is 0.812. The second-order valence-corrected chi connectivity index (χ2v) is 5.97. The van der Waals surface area contributed by atoms with E-state index in [-0.39, 0.29) is 24.0 Å². The average molecular weight is 371 g/mol. The van der Waals surface area contributed by atoms with Crippen molar-refractivity contribution in [2.24, 2.45) is 0 Å². The molecule has 0 atom stereocenters. The van der Waals surface area contributed by atoms with Crippen LogP contribution in [-0.4, -0.2) is 24.6 Å². The number of carbonyl (C=O) groups is 1. The zero-order valence-corrected chi connectivity index (χ0v) is 15.4. The Balaban J connectivity index is 2.04. The van der Waals surface area contributed by atoms with Crippen molar-refractivity contribution in [3.8, 4) is 17.2 Å². The maximum atomic E-state index is 12.1. The molecule has 27 heavy (non-hydrogen) atoms. The molecule has 2 aromatic rings. The van der Waals surface area contributed by atoms with Crippen LogP contribution in [0.25, 0.3) is 6.08 Å². The minimum atomic E-state index is -0.583. The maximum Gasteiger partial charge on any atom is 0.349 e. The van der Waals surface area contributed by atoms with Crippen molar-refractivity contribution in [2.75, 3.05) is 13.7 Å². The Morgan fingerprint density at radius 3 is 2.56 bits per heavy atom. The van der Waals surface area contributed by atoms with E-state index >= 15 is 0 Å². The summed E-state index contributed by atoms with van der Waals surface area (Å²) < 4.78 is 16.1. The van der Waals surface area contributed by atoms with Gasteiger partial charge in [-0.15, -0.1) is 0 Å². The third kappa shape index (κ3) is 5.85. The summed E-state index contributed by atoms with van der Waals surface area (Å²) in [5.41, 5.74) is 1.55. The van der Waals surface area contributed by atoms with Crippen LogP contribution in [0, 0.1) is 10.1 Å². The molecule has 7 heteroatoms. The fraction of sp³-hybridized carbons (Fsp3) is 0.250. The van der Waals surface area contributed by atoms with Gasteiger partial charge in [-0.05, 0) is 35.2 Å². The molecule has 0 aromatic heterocycles. The number of ether oxygens (including phenoxy) is 3. The van der Waals surface area contributed by atoms with E-state index in [0.717, 1.165) is 11.8 Å². The molecule has 0 heterocycles. The highest BCUT2D eigenvalue weighted by Crippen LogP contribution is 2.29. The van der Waals surface area contributed by atoms with E-state index < -0.39 is 10.9 Å². The van der Waals surface area contributed by atoms with E-state index in [0.29, 0.717) is 11.3 Å². The lowest BCUT2D eigenvalue weighted by molar-refractivity contribution is -0.400. The van der Waals surface area contributed by atoms with Gasteiger partial charge in [-0.1, -0.05) is 38.1 Å². The zero-order valence-electron chi connectivity index (χ0n) is 15.4. The molecular formula is C20H21NO6. The van der Waals surface area contributed by atoms with E-state index in [1.165, 1.54) is 25.3 Å². The highest BCUT2D eigenvalue weighted by Gasteiger charge is 2.13. The van der Waals surface area contributed by atoms with Gasteiger partial charge in [0, 0.05) is 6.08 Å². The number of methoxy groups -OCH3 is 1. The molecule has 2 aromatic carbocycles. The van der Waals surface area contributed by atoms with E-state index in [4.69, 9.17) is 14.2 Å². The quantitative estimate of drug-likeness (QED) is 0.301. The number of nitrogens with zero attached hydrogens (tertiary/aromatic N) is 1. The summed E-state index contributed by atoms with van der Waals surface area (Å²) in [6.45, 7) is 3.83. The lowest BCUT2D eigenvalue weighted by Gasteiger charge is -2.14. The van der Waals surface area contributed by atoms with Gasteiger partial charge in [0.15, 0.2) is 18.1 Å². The molecule has 0 N–H and O–H groups in total. The number of esters is 1. The molecule has 7 nitrogen and oxygen atoms in total. The first-order valence-corrected chi connectivity index (χ1v) is 8.33. The molecule has 0 spiro atoms. The van der Waals surface area contributed by atoms with Crippen LogP contribution < -0.4 is 14.2 Å². The number of benzene rings is 2. The standard InChI is InChI=1S/C20H21NO6/c1-14(2)16-6-4-5-7-17(16)26-13-20(22)27-18-9-8-15(10-11-21(23)24)12-19(18)25-3/h4-12,14H,13H2,1-3H3/b11-10+. The van der Waals surface area contributed by atoms with Crippen molar-refractivity contribution < 1.29 is 23.9 Å². The van der Waals surface area contributed by atoms with Gasteiger partial charge < -0.3 is 14.2 Å². The van der Waals surface area contributed by atoms with Gasteiger partial charge >= 0.3 is 5.97 Å². The Morgan fingerprint density at radius 1 is 1.15 bits per heavy atom. The maximum absolute atomic E-state index is 12.1. The smallest absolute Gasteiger partial charge is 0.349 e. The van der Waals surface area contributed by atoms with Crippen LogP contribution in [0.1, 0.15) is 30.9 Å². The monoisotopic (exact) mass is 371 g/mol. The highest BCUT2D eigenvalue weighted by atomic mass is 16.6. The Morgan fingerprint density at radius 2 is 1.89 bits per heavy atom. The van der Waals surface area contributed by atoms with E-state index in [1.54, 1.807) is 12.1 Å². The van der Waals surface area contributed by atoms with Gasteiger partial charge in [0.2, 0.25) is 6.20 Å². The molecule has 0 bridgehead atoms. The molecule has 0 radical (unpaired) electrons. The summed E-state index contributed by atoms with van der Waals surface area (Å²) in [6, 6.07) is 12.1. The van der Waals surface area contributed by atoms with Gasteiger partial charge in [0.05, 0.1) is 12.0 Å². The Hall–Kier alpha value is -3.35. The summed E-state index contributed by atoms with van der Waals surface area (Å²) in [6.07, 6.45) is 2.14. The van der Waals surface area contributed by atoms with Crippen LogP contribution in [0.15, 0.2) is 48.7 Å². The summed E-state index contributed by atoms with van der Waals surface area (Å²) in [7, 11) is 1.42. The molecule has 0 aliphatic heterocycles. The minimum absolute atomic E-state index is 0.210. The Bertz CT molecular complexity index is 844. The largest absolute Gasteiger partial charge is 0.493 e. The van der Waals surface area contributed by atoms with Crippen LogP contribution in [0.3, 0.4) is 0 Å². The van der Waals surface area contributed by atoms with Gasteiger partial charge in [-0.25, -0.2) is 4.79 Å². The van der Waals surface area contributed by atoms with Gasteiger partial charge in [-0.2, -0.15) is 0 Å². The predicted octanol–water partition coefficient (Wildman–Crippen LogP) is 4.05. The van der Waals surface area contributed by atoms with Crippen molar-refractivity contribution in [2.45, 2.75) is 19.8 Å². The molecule has 0 saturated carbocycles. The molecule has 142 valence electrons. The second-order valence-electron chi connectivity index (χ2n) is 5.97. The third-order valence-electron chi connectivity index (χ3n) is 3.69. The Labute approximate surface area is 157 Å². The Kier molecular flexibility index (Phi) is 6.93. The van der Waals surface area contributed by atoms with Crippen LogP contribution in [0.4, 0.5) is 0 Å². The van der Waals surface area contributed by atoms with Crippen LogP contribution >= 0.6 is 0 Å². The number of para-hydroxylation sites is 1. The molecule has 0 aliphatic rings. The topological polar surface area (TPSA) is 87.9 Å². The van der Waals surface area contributed by atoms with Crippen molar-refractivity contribution >= 4 is 12.0 Å². The van der Waals surface area contributed by atoms with Crippen LogP contribution in [-0.2, 0) is 4.79 Å². The predicted molar refractivity (Wildman–Crippen MR) is 101 cm³/mol. The number of carbonyl (C=O) groups excluding carboxylic acids is 1. The number of hydrogen-bond acceptors (Lipinski definition) is 6. The summed E-state index contributed by atoms with van der Waals surface area (Å²) >= 11 is 0. The van der Waals surface area contributed by atoms with E-state index in [2.05, 4.69) is 0 Å². The van der Waals surface area contributed by atoms with E-state index in [9.17, 15) is 14.9 Å². The fourth-order valence-electron chi connectivity index (χ4n) is 2.40. The first-order valence-electron chi connectivity index (χ1n) is 8.33. The van der Waals surface area contributed by atoms with Crippen LogP contribution in [0.2, 0.25) is 0 Å². The molecule has 0 amide bonds. The van der Waals surface area contributed by atoms with Gasteiger partial charge in [-0.3, -0.25) is 10.1 Å². The number of nitro groups is 1. The van der Waals surface area contributed by atoms with Crippen molar-refractivity contribution in [3.05, 3.63) is 69.9 Å². The van der Waals surface area contributed by atoms with Crippen LogP contribution in [0.5, 0.6) is 17.2 Å². The molecule has 0 fully saturated rings. The average Bonchev–Trinajstić information content (AvgIpc) is 2.65. The van der Waals surface area contributed by atoms with Crippen molar-refractivity contribution in [1.82, 2.24) is 0 Å². The van der Waals surface area contributed by atoms with E-state index in [1.807, 2.05) is 32.0 Å². The van der Waals surface area contributed by atoms with Crippen molar-refractivity contribution in [1.29, 1.82) is 0 Å². The molecule has 0 saturated heterocycles. The fourth-order valence-corrected chi connectivity index (χ4v) is 2.40. The number of hydrogen-bond donors (Lipinski definition) is 0.